The molecule has 6 heteroatoms. The first kappa shape index (κ1) is 15.6. The Bertz CT molecular complexity index is 778. The summed E-state index contributed by atoms with van der Waals surface area (Å²) in [6.45, 7) is 4.34. The average Bonchev–Trinajstić information content (AvgIpc) is 2.49. The lowest BCUT2D eigenvalue weighted by atomic mass is 10.1. The molecule has 0 amide bonds. The molecule has 114 valence electrons. The fraction of sp³-hybridized carbons (Fsp3) is 0.250. The zero-order chi connectivity index (χ0) is 16.3. The van der Waals surface area contributed by atoms with Crippen molar-refractivity contribution in [3.63, 3.8) is 0 Å². The highest BCUT2D eigenvalue weighted by Crippen LogP contribution is 2.23. The summed E-state index contributed by atoms with van der Waals surface area (Å²) >= 11 is 0. The van der Waals surface area contributed by atoms with E-state index in [1.54, 1.807) is 18.2 Å². The molecular formula is C16H16N2O4. The van der Waals surface area contributed by atoms with Gasteiger partial charge < -0.3 is 4.57 Å². The van der Waals surface area contributed by atoms with Gasteiger partial charge in [0.05, 0.1) is 16.2 Å². The number of nitro benzene ring substituents is 1. The second-order valence-corrected chi connectivity index (χ2v) is 5.41. The van der Waals surface area contributed by atoms with Crippen LogP contribution in [-0.4, -0.2) is 15.8 Å². The summed E-state index contributed by atoms with van der Waals surface area (Å²) in [4.78, 5) is 33.7. The maximum atomic E-state index is 12.3. The number of aldehydes is 1. The molecule has 1 aromatic carbocycles. The maximum absolute atomic E-state index is 12.3. The predicted molar refractivity (Wildman–Crippen MR) is 83.0 cm³/mol. The smallest absolute Gasteiger partial charge is 0.270 e. The summed E-state index contributed by atoms with van der Waals surface area (Å²) in [7, 11) is 0. The second-order valence-electron chi connectivity index (χ2n) is 5.41. The van der Waals surface area contributed by atoms with E-state index in [0.29, 0.717) is 24.1 Å². The molecule has 0 atom stereocenters. The fourth-order valence-electron chi connectivity index (χ4n) is 2.26. The summed E-state index contributed by atoms with van der Waals surface area (Å²) in [6.07, 6.45) is 0.524. The van der Waals surface area contributed by atoms with Crippen LogP contribution in [0.3, 0.4) is 0 Å². The summed E-state index contributed by atoms with van der Waals surface area (Å²) < 4.78 is 1.49. The Morgan fingerprint density at radius 2 is 2.00 bits per heavy atom. The molecule has 22 heavy (non-hydrogen) atoms. The largest absolute Gasteiger partial charge is 0.307 e. The van der Waals surface area contributed by atoms with Gasteiger partial charge >= 0.3 is 0 Å². The van der Waals surface area contributed by atoms with Gasteiger partial charge in [0.15, 0.2) is 6.29 Å². The van der Waals surface area contributed by atoms with Crippen LogP contribution in [-0.2, 0) is 6.54 Å². The number of non-ortho nitro benzene ring substituents is 1. The highest BCUT2D eigenvalue weighted by Gasteiger charge is 2.14. The third-order valence-electron chi connectivity index (χ3n) is 3.23. The van der Waals surface area contributed by atoms with Crippen molar-refractivity contribution in [3.8, 4) is 11.3 Å². The maximum Gasteiger partial charge on any atom is 0.270 e. The standard InChI is InChI=1S/C16H16N2O4/c1-11(2)9-17-15(7-6-13(10-19)16(17)20)12-4-3-5-14(8-12)18(21)22/h3-8,10-11H,9H2,1-2H3. The van der Waals surface area contributed by atoms with E-state index in [1.807, 2.05) is 13.8 Å². The lowest BCUT2D eigenvalue weighted by molar-refractivity contribution is -0.384. The minimum atomic E-state index is -0.478. The fourth-order valence-corrected chi connectivity index (χ4v) is 2.26. The third kappa shape index (κ3) is 3.11. The molecule has 0 N–H and O–H groups in total. The number of benzene rings is 1. The lowest BCUT2D eigenvalue weighted by Gasteiger charge is -2.15. The predicted octanol–water partition coefficient (Wildman–Crippen LogP) is 2.89. The zero-order valence-corrected chi connectivity index (χ0v) is 12.4. The molecule has 2 rings (SSSR count). The van der Waals surface area contributed by atoms with Crippen molar-refractivity contribution < 1.29 is 9.72 Å². The Labute approximate surface area is 127 Å². The first-order valence-electron chi connectivity index (χ1n) is 6.88. The molecule has 0 saturated carbocycles. The molecule has 0 fully saturated rings. The van der Waals surface area contributed by atoms with Crippen LogP contribution in [0.25, 0.3) is 11.3 Å². The van der Waals surface area contributed by atoms with Gasteiger partial charge in [0.1, 0.15) is 0 Å². The van der Waals surface area contributed by atoms with Crippen LogP contribution >= 0.6 is 0 Å². The Morgan fingerprint density at radius 3 is 2.59 bits per heavy atom. The van der Waals surface area contributed by atoms with Gasteiger partial charge in [-0.05, 0) is 18.1 Å². The van der Waals surface area contributed by atoms with Crippen molar-refractivity contribution in [2.75, 3.05) is 0 Å². The molecule has 0 unspecified atom stereocenters. The van der Waals surface area contributed by atoms with Crippen LogP contribution < -0.4 is 5.56 Å². The normalized spacial score (nSPS) is 10.7. The Morgan fingerprint density at radius 1 is 1.27 bits per heavy atom. The van der Waals surface area contributed by atoms with E-state index in [9.17, 15) is 19.7 Å². The van der Waals surface area contributed by atoms with Gasteiger partial charge in [-0.2, -0.15) is 0 Å². The Kier molecular flexibility index (Phi) is 4.50. The van der Waals surface area contributed by atoms with E-state index >= 15 is 0 Å². The van der Waals surface area contributed by atoms with Crippen molar-refractivity contribution in [2.24, 2.45) is 5.92 Å². The number of aromatic nitrogens is 1. The Hall–Kier alpha value is -2.76. The van der Waals surface area contributed by atoms with Gasteiger partial charge in [-0.15, -0.1) is 0 Å². The summed E-state index contributed by atoms with van der Waals surface area (Å²) in [6, 6.07) is 9.19. The molecule has 6 nitrogen and oxygen atoms in total. The molecule has 0 radical (unpaired) electrons. The number of carbonyl (C=O) groups is 1. The van der Waals surface area contributed by atoms with Gasteiger partial charge in [-0.3, -0.25) is 19.7 Å². The first-order chi connectivity index (χ1) is 10.4. The second kappa shape index (κ2) is 6.34. The van der Waals surface area contributed by atoms with Crippen molar-refractivity contribution in [1.82, 2.24) is 4.57 Å². The molecule has 0 bridgehead atoms. The molecule has 1 heterocycles. The van der Waals surface area contributed by atoms with Gasteiger partial charge in [0.25, 0.3) is 11.2 Å². The van der Waals surface area contributed by atoms with E-state index in [2.05, 4.69) is 0 Å². The lowest BCUT2D eigenvalue weighted by Crippen LogP contribution is -2.26. The van der Waals surface area contributed by atoms with Crippen LogP contribution in [0.2, 0.25) is 0 Å². The number of nitrogens with zero attached hydrogens (tertiary/aromatic N) is 2. The highest BCUT2D eigenvalue weighted by atomic mass is 16.6. The van der Waals surface area contributed by atoms with Crippen molar-refractivity contribution in [1.29, 1.82) is 0 Å². The van der Waals surface area contributed by atoms with E-state index in [1.165, 1.54) is 22.8 Å². The number of carbonyl (C=O) groups excluding carboxylic acids is 1. The van der Waals surface area contributed by atoms with Crippen LogP contribution in [0.1, 0.15) is 24.2 Å². The van der Waals surface area contributed by atoms with Crippen LogP contribution in [0, 0.1) is 16.0 Å². The van der Waals surface area contributed by atoms with Gasteiger partial charge in [0, 0.05) is 24.2 Å². The van der Waals surface area contributed by atoms with E-state index in [0.717, 1.165) is 0 Å². The number of nitro groups is 1. The number of hydrogen-bond acceptors (Lipinski definition) is 4. The van der Waals surface area contributed by atoms with E-state index < -0.39 is 4.92 Å². The van der Waals surface area contributed by atoms with Gasteiger partial charge in [-0.1, -0.05) is 26.0 Å². The average molecular weight is 300 g/mol. The van der Waals surface area contributed by atoms with Gasteiger partial charge in [0.2, 0.25) is 0 Å². The summed E-state index contributed by atoms with van der Waals surface area (Å²) in [5.74, 6) is 0.192. The molecule has 0 aliphatic rings. The molecule has 0 aliphatic heterocycles. The Balaban J connectivity index is 2.66. The molecule has 1 aromatic heterocycles. The van der Waals surface area contributed by atoms with Crippen LogP contribution in [0.4, 0.5) is 5.69 Å². The number of hydrogen-bond donors (Lipinski definition) is 0. The van der Waals surface area contributed by atoms with Gasteiger partial charge in [-0.25, -0.2) is 0 Å². The van der Waals surface area contributed by atoms with Crippen molar-refractivity contribution in [3.05, 3.63) is 62.4 Å². The van der Waals surface area contributed by atoms with Crippen molar-refractivity contribution >= 4 is 12.0 Å². The van der Waals surface area contributed by atoms with Crippen LogP contribution in [0.5, 0.6) is 0 Å². The highest BCUT2D eigenvalue weighted by molar-refractivity contribution is 5.75. The number of rotatable bonds is 5. The minimum Gasteiger partial charge on any atom is -0.307 e. The topological polar surface area (TPSA) is 82.2 Å². The first-order valence-corrected chi connectivity index (χ1v) is 6.88. The molecule has 0 saturated heterocycles. The quantitative estimate of drug-likeness (QED) is 0.483. The number of pyridine rings is 1. The minimum absolute atomic E-state index is 0.0412. The van der Waals surface area contributed by atoms with E-state index in [-0.39, 0.29) is 22.7 Å². The SMILES string of the molecule is CC(C)Cn1c(-c2cccc([N+](=O)[O-])c2)ccc(C=O)c1=O. The van der Waals surface area contributed by atoms with E-state index in [4.69, 9.17) is 0 Å². The van der Waals surface area contributed by atoms with Crippen molar-refractivity contribution in [2.45, 2.75) is 20.4 Å². The molecule has 0 aliphatic carbocycles. The third-order valence-corrected chi connectivity index (χ3v) is 3.23. The summed E-state index contributed by atoms with van der Waals surface area (Å²) in [5.41, 5.74) is 0.792. The zero-order valence-electron chi connectivity index (χ0n) is 12.4. The molecular weight excluding hydrogens is 284 g/mol. The molecule has 0 spiro atoms. The van der Waals surface area contributed by atoms with Crippen LogP contribution in [0.15, 0.2) is 41.2 Å². The monoisotopic (exact) mass is 300 g/mol. The summed E-state index contributed by atoms with van der Waals surface area (Å²) in [5, 5.41) is 10.9. The molecule has 2 aromatic rings.